The van der Waals surface area contributed by atoms with Crippen LogP contribution >= 0.6 is 15.9 Å². The lowest BCUT2D eigenvalue weighted by Crippen LogP contribution is -2.20. The number of hydrogen-bond donors (Lipinski definition) is 2. The van der Waals surface area contributed by atoms with Gasteiger partial charge >= 0.3 is 5.97 Å². The summed E-state index contributed by atoms with van der Waals surface area (Å²) in [6.45, 7) is 0. The maximum atomic E-state index is 10.6. The Labute approximate surface area is 93.0 Å². The molecule has 0 saturated carbocycles. The molecular formula is C9H7BrN2O3. The second-order valence-corrected chi connectivity index (χ2v) is 3.90. The molecule has 0 spiro atoms. The van der Waals surface area contributed by atoms with E-state index in [9.17, 15) is 4.79 Å². The first-order valence-electron chi connectivity index (χ1n) is 4.12. The minimum Gasteiger partial charge on any atom is -0.480 e. The van der Waals surface area contributed by atoms with Crippen LogP contribution in [0.2, 0.25) is 0 Å². The second kappa shape index (κ2) is 3.63. The van der Waals surface area contributed by atoms with E-state index in [0.717, 1.165) is 4.47 Å². The standard InChI is InChI=1S/C9H7BrN2O3/c10-4-1-2-6-5(3-4)12-8(15-6)7(11)9(13)14/h1-3,7H,11H2,(H,13,14). The number of benzene rings is 1. The number of carboxylic acids is 1. The predicted molar refractivity (Wildman–Crippen MR) is 56.3 cm³/mol. The molecule has 0 saturated heterocycles. The molecule has 0 amide bonds. The third-order valence-electron chi connectivity index (χ3n) is 1.90. The number of fused-ring (bicyclic) bond motifs is 1. The van der Waals surface area contributed by atoms with Crippen LogP contribution in [0.4, 0.5) is 0 Å². The van der Waals surface area contributed by atoms with E-state index in [2.05, 4.69) is 20.9 Å². The van der Waals surface area contributed by atoms with Crippen molar-refractivity contribution < 1.29 is 14.3 Å². The lowest BCUT2D eigenvalue weighted by Gasteiger charge is -1.97. The monoisotopic (exact) mass is 270 g/mol. The Bertz CT molecular complexity index is 523. The van der Waals surface area contributed by atoms with Crippen molar-refractivity contribution in [1.29, 1.82) is 0 Å². The molecule has 0 radical (unpaired) electrons. The minimum absolute atomic E-state index is 0.00981. The SMILES string of the molecule is NC(C(=O)O)c1nc2cc(Br)ccc2o1. The zero-order valence-electron chi connectivity index (χ0n) is 7.48. The highest BCUT2D eigenvalue weighted by Gasteiger charge is 2.20. The highest BCUT2D eigenvalue weighted by molar-refractivity contribution is 9.10. The number of hydrogen-bond acceptors (Lipinski definition) is 4. The molecule has 1 atom stereocenters. The molecule has 0 aliphatic carbocycles. The Kier molecular flexibility index (Phi) is 2.45. The van der Waals surface area contributed by atoms with E-state index in [-0.39, 0.29) is 5.89 Å². The minimum atomic E-state index is -1.23. The van der Waals surface area contributed by atoms with Gasteiger partial charge < -0.3 is 15.3 Å². The lowest BCUT2D eigenvalue weighted by atomic mass is 10.3. The molecule has 5 nitrogen and oxygen atoms in total. The molecule has 2 rings (SSSR count). The molecule has 0 bridgehead atoms. The maximum absolute atomic E-state index is 10.6. The summed E-state index contributed by atoms with van der Waals surface area (Å²) in [6.07, 6.45) is 0. The topological polar surface area (TPSA) is 89.4 Å². The van der Waals surface area contributed by atoms with Crippen molar-refractivity contribution in [3.63, 3.8) is 0 Å². The first-order valence-corrected chi connectivity index (χ1v) is 4.91. The fraction of sp³-hybridized carbons (Fsp3) is 0.111. The molecule has 1 aromatic carbocycles. The molecule has 3 N–H and O–H groups in total. The van der Waals surface area contributed by atoms with Gasteiger partial charge in [-0.15, -0.1) is 0 Å². The van der Waals surface area contributed by atoms with Gasteiger partial charge in [-0.05, 0) is 18.2 Å². The molecule has 2 aromatic rings. The van der Waals surface area contributed by atoms with E-state index < -0.39 is 12.0 Å². The normalized spacial score (nSPS) is 12.9. The summed E-state index contributed by atoms with van der Waals surface area (Å²) in [7, 11) is 0. The van der Waals surface area contributed by atoms with Crippen LogP contribution in [0, 0.1) is 0 Å². The Hall–Kier alpha value is -1.40. The van der Waals surface area contributed by atoms with E-state index >= 15 is 0 Å². The zero-order valence-corrected chi connectivity index (χ0v) is 9.06. The zero-order chi connectivity index (χ0) is 11.0. The number of aliphatic carboxylic acids is 1. The van der Waals surface area contributed by atoms with Crippen LogP contribution in [0.25, 0.3) is 11.1 Å². The Balaban J connectivity index is 2.51. The summed E-state index contributed by atoms with van der Waals surface area (Å²) >= 11 is 3.28. The maximum Gasteiger partial charge on any atom is 0.330 e. The summed E-state index contributed by atoms with van der Waals surface area (Å²) in [6, 6.07) is 3.99. The van der Waals surface area contributed by atoms with E-state index in [1.165, 1.54) is 0 Å². The summed E-state index contributed by atoms with van der Waals surface area (Å²) in [5.74, 6) is -1.16. The van der Waals surface area contributed by atoms with Crippen molar-refractivity contribution in [2.24, 2.45) is 5.73 Å². The Morgan fingerprint density at radius 3 is 3.00 bits per heavy atom. The van der Waals surface area contributed by atoms with Gasteiger partial charge in [0, 0.05) is 4.47 Å². The van der Waals surface area contributed by atoms with E-state index in [0.29, 0.717) is 11.1 Å². The number of nitrogens with two attached hydrogens (primary N) is 1. The molecule has 15 heavy (non-hydrogen) atoms. The molecule has 0 aliphatic rings. The predicted octanol–water partition coefficient (Wildman–Crippen LogP) is 1.67. The van der Waals surface area contributed by atoms with Gasteiger partial charge in [-0.3, -0.25) is 0 Å². The van der Waals surface area contributed by atoms with Gasteiger partial charge in [0.2, 0.25) is 5.89 Å². The van der Waals surface area contributed by atoms with Crippen LogP contribution in [0.5, 0.6) is 0 Å². The van der Waals surface area contributed by atoms with Crippen LogP contribution in [-0.4, -0.2) is 16.1 Å². The van der Waals surface area contributed by atoms with Gasteiger partial charge in [0.15, 0.2) is 11.6 Å². The van der Waals surface area contributed by atoms with Crippen LogP contribution < -0.4 is 5.73 Å². The summed E-state index contributed by atoms with van der Waals surface area (Å²) in [5, 5.41) is 8.68. The average molecular weight is 271 g/mol. The van der Waals surface area contributed by atoms with Crippen molar-refractivity contribution in [2.75, 3.05) is 0 Å². The summed E-state index contributed by atoms with van der Waals surface area (Å²) < 4.78 is 6.05. The number of rotatable bonds is 2. The van der Waals surface area contributed by atoms with Crippen molar-refractivity contribution in [3.05, 3.63) is 28.6 Å². The third kappa shape index (κ3) is 1.86. The van der Waals surface area contributed by atoms with Gasteiger partial charge in [-0.2, -0.15) is 0 Å². The molecule has 0 fully saturated rings. The molecule has 1 unspecified atom stereocenters. The smallest absolute Gasteiger partial charge is 0.330 e. The average Bonchev–Trinajstić information content (AvgIpc) is 2.58. The third-order valence-corrected chi connectivity index (χ3v) is 2.39. The van der Waals surface area contributed by atoms with Gasteiger partial charge in [-0.25, -0.2) is 9.78 Å². The molecule has 1 heterocycles. The lowest BCUT2D eigenvalue weighted by molar-refractivity contribution is -0.139. The quantitative estimate of drug-likeness (QED) is 0.867. The van der Waals surface area contributed by atoms with Crippen molar-refractivity contribution in [3.8, 4) is 0 Å². The fourth-order valence-electron chi connectivity index (χ4n) is 1.16. The van der Waals surface area contributed by atoms with E-state index in [1.54, 1.807) is 18.2 Å². The van der Waals surface area contributed by atoms with Crippen molar-refractivity contribution in [1.82, 2.24) is 4.98 Å². The number of carbonyl (C=O) groups is 1. The fourth-order valence-corrected chi connectivity index (χ4v) is 1.51. The van der Waals surface area contributed by atoms with Crippen LogP contribution in [0.1, 0.15) is 11.9 Å². The number of halogens is 1. The Morgan fingerprint density at radius 2 is 2.33 bits per heavy atom. The highest BCUT2D eigenvalue weighted by Crippen LogP contribution is 2.22. The second-order valence-electron chi connectivity index (χ2n) is 2.98. The Morgan fingerprint density at radius 1 is 1.60 bits per heavy atom. The van der Waals surface area contributed by atoms with E-state index in [4.69, 9.17) is 15.3 Å². The van der Waals surface area contributed by atoms with E-state index in [1.807, 2.05) is 0 Å². The van der Waals surface area contributed by atoms with Gasteiger partial charge in [0.25, 0.3) is 0 Å². The molecule has 78 valence electrons. The number of nitrogens with zero attached hydrogens (tertiary/aromatic N) is 1. The molecule has 1 aromatic heterocycles. The van der Waals surface area contributed by atoms with Gasteiger partial charge in [0.05, 0.1) is 0 Å². The number of oxazole rings is 1. The van der Waals surface area contributed by atoms with Gasteiger partial charge in [0.1, 0.15) is 5.52 Å². The first kappa shape index (κ1) is 10.1. The molecule has 6 heteroatoms. The molecular weight excluding hydrogens is 264 g/mol. The summed E-state index contributed by atoms with van der Waals surface area (Å²) in [4.78, 5) is 14.6. The van der Waals surface area contributed by atoms with Gasteiger partial charge in [-0.1, -0.05) is 15.9 Å². The summed E-state index contributed by atoms with van der Waals surface area (Å²) in [5.41, 5.74) is 6.47. The van der Waals surface area contributed by atoms with Crippen LogP contribution in [0.15, 0.2) is 27.1 Å². The number of aromatic nitrogens is 1. The van der Waals surface area contributed by atoms with Crippen molar-refractivity contribution in [2.45, 2.75) is 6.04 Å². The highest BCUT2D eigenvalue weighted by atomic mass is 79.9. The van der Waals surface area contributed by atoms with Crippen molar-refractivity contribution >= 4 is 33.0 Å². The first-order chi connectivity index (χ1) is 7.08. The van der Waals surface area contributed by atoms with Crippen LogP contribution in [0.3, 0.4) is 0 Å². The molecule has 0 aliphatic heterocycles. The number of carboxylic acid groups (broad SMARTS) is 1. The largest absolute Gasteiger partial charge is 0.480 e. The van der Waals surface area contributed by atoms with Crippen LogP contribution in [-0.2, 0) is 4.79 Å².